The molecule has 0 bridgehead atoms. The van der Waals surface area contributed by atoms with Crippen LogP contribution in [0.5, 0.6) is 0 Å². The molecule has 0 saturated heterocycles. The van der Waals surface area contributed by atoms with Gasteiger partial charge >= 0.3 is 5.97 Å². The van der Waals surface area contributed by atoms with Crippen LogP contribution in [0.2, 0.25) is 0 Å². The highest BCUT2D eigenvalue weighted by atomic mass is 16.5. The van der Waals surface area contributed by atoms with Crippen molar-refractivity contribution >= 4 is 5.97 Å². The molecular weight excluding hydrogens is 240 g/mol. The molecule has 0 aromatic carbocycles. The molecule has 2 saturated carbocycles. The van der Waals surface area contributed by atoms with Gasteiger partial charge in [0.1, 0.15) is 5.54 Å². The topological polar surface area (TPSA) is 41.6 Å². The highest BCUT2D eigenvalue weighted by molar-refractivity contribution is 5.81. The maximum Gasteiger partial charge on any atom is 0.326 e. The first-order valence-corrected chi connectivity index (χ1v) is 7.56. The molecule has 2 aliphatic carbocycles. The molecular formula is C15H28N2O2. The fraction of sp³-hybridized carbons (Fsp3) is 0.933. The van der Waals surface area contributed by atoms with Gasteiger partial charge in [-0.1, -0.05) is 6.42 Å². The zero-order chi connectivity index (χ0) is 14.0. The third-order valence-corrected chi connectivity index (χ3v) is 4.86. The fourth-order valence-electron chi connectivity index (χ4n) is 3.58. The zero-order valence-electron chi connectivity index (χ0n) is 12.7. The number of rotatable bonds is 5. The molecule has 2 aliphatic rings. The van der Waals surface area contributed by atoms with Crippen molar-refractivity contribution in [2.24, 2.45) is 0 Å². The van der Waals surface area contributed by atoms with Crippen molar-refractivity contribution < 1.29 is 9.53 Å². The van der Waals surface area contributed by atoms with E-state index in [0.29, 0.717) is 12.1 Å². The van der Waals surface area contributed by atoms with Gasteiger partial charge in [0.2, 0.25) is 0 Å². The summed E-state index contributed by atoms with van der Waals surface area (Å²) in [6.07, 6.45) is 6.84. The number of esters is 1. The van der Waals surface area contributed by atoms with Crippen LogP contribution in [0, 0.1) is 0 Å². The molecule has 0 aromatic rings. The predicted molar refractivity (Wildman–Crippen MR) is 76.1 cm³/mol. The van der Waals surface area contributed by atoms with Gasteiger partial charge in [-0.3, -0.25) is 10.1 Å². The second kappa shape index (κ2) is 5.80. The number of nitrogens with one attached hydrogen (secondary N) is 1. The van der Waals surface area contributed by atoms with Crippen LogP contribution in [-0.2, 0) is 9.53 Å². The van der Waals surface area contributed by atoms with E-state index in [1.807, 2.05) is 0 Å². The van der Waals surface area contributed by atoms with Gasteiger partial charge in [-0.25, -0.2) is 0 Å². The summed E-state index contributed by atoms with van der Waals surface area (Å²) in [4.78, 5) is 14.7. The monoisotopic (exact) mass is 268 g/mol. The lowest BCUT2D eigenvalue weighted by Crippen LogP contribution is -2.55. The number of methoxy groups -OCH3 is 1. The maximum absolute atomic E-state index is 12.2. The first-order valence-electron chi connectivity index (χ1n) is 7.56. The minimum absolute atomic E-state index is 0.0919. The van der Waals surface area contributed by atoms with Gasteiger partial charge in [-0.15, -0.1) is 0 Å². The Bertz CT molecular complexity index is 328. The molecule has 2 atom stereocenters. The maximum atomic E-state index is 12.2. The molecule has 4 nitrogen and oxygen atoms in total. The second-order valence-electron chi connectivity index (χ2n) is 6.52. The molecule has 2 fully saturated rings. The predicted octanol–water partition coefficient (Wildman–Crippen LogP) is 1.93. The van der Waals surface area contributed by atoms with Crippen LogP contribution in [0.15, 0.2) is 0 Å². The van der Waals surface area contributed by atoms with Gasteiger partial charge in [0.05, 0.1) is 7.11 Å². The van der Waals surface area contributed by atoms with Crippen molar-refractivity contribution in [3.05, 3.63) is 0 Å². The number of carbonyl (C=O) groups is 1. The quantitative estimate of drug-likeness (QED) is 0.774. The summed E-state index contributed by atoms with van der Waals surface area (Å²) in [6, 6.07) is 1.54. The molecule has 0 aromatic heterocycles. The van der Waals surface area contributed by atoms with E-state index in [1.54, 1.807) is 0 Å². The van der Waals surface area contributed by atoms with E-state index < -0.39 is 5.54 Å². The average Bonchev–Trinajstić information content (AvgIpc) is 2.70. The highest BCUT2D eigenvalue weighted by Gasteiger charge is 2.48. The van der Waals surface area contributed by atoms with Crippen LogP contribution in [0.3, 0.4) is 0 Å². The third-order valence-electron chi connectivity index (χ3n) is 4.86. The molecule has 110 valence electrons. The minimum Gasteiger partial charge on any atom is -0.468 e. The Hall–Kier alpha value is -0.610. The highest BCUT2D eigenvalue weighted by Crippen LogP contribution is 2.37. The Morgan fingerprint density at radius 3 is 2.47 bits per heavy atom. The van der Waals surface area contributed by atoms with Crippen molar-refractivity contribution in [1.82, 2.24) is 10.2 Å². The molecule has 0 amide bonds. The van der Waals surface area contributed by atoms with Crippen molar-refractivity contribution in [2.45, 2.75) is 76.0 Å². The lowest BCUT2D eigenvalue weighted by molar-refractivity contribution is -0.149. The van der Waals surface area contributed by atoms with Gasteiger partial charge in [0.25, 0.3) is 0 Å². The van der Waals surface area contributed by atoms with Crippen LogP contribution in [0.25, 0.3) is 0 Å². The first kappa shape index (κ1) is 14.8. The molecule has 0 spiro atoms. The van der Waals surface area contributed by atoms with Crippen molar-refractivity contribution in [1.29, 1.82) is 0 Å². The fourth-order valence-corrected chi connectivity index (χ4v) is 3.58. The average molecular weight is 268 g/mol. The summed E-state index contributed by atoms with van der Waals surface area (Å²) in [5, 5.41) is 3.46. The normalized spacial score (nSPS) is 31.8. The lowest BCUT2D eigenvalue weighted by atomic mass is 9.90. The van der Waals surface area contributed by atoms with E-state index in [9.17, 15) is 4.79 Å². The SMILES string of the molecule is COC(=O)C1(NC(C)C)CCC(N(C)C2CCC2)C1. The van der Waals surface area contributed by atoms with Crippen molar-refractivity contribution in [3.8, 4) is 0 Å². The lowest BCUT2D eigenvalue weighted by Gasteiger charge is -2.39. The summed E-state index contributed by atoms with van der Waals surface area (Å²) in [5.41, 5.74) is -0.467. The summed E-state index contributed by atoms with van der Waals surface area (Å²) >= 11 is 0. The van der Waals surface area contributed by atoms with Gasteiger partial charge < -0.3 is 9.64 Å². The number of hydrogen-bond donors (Lipinski definition) is 1. The van der Waals surface area contributed by atoms with Gasteiger partial charge in [-0.2, -0.15) is 0 Å². The number of carbonyl (C=O) groups excluding carboxylic acids is 1. The largest absolute Gasteiger partial charge is 0.468 e. The molecule has 19 heavy (non-hydrogen) atoms. The Morgan fingerprint density at radius 1 is 1.32 bits per heavy atom. The summed E-state index contributed by atoms with van der Waals surface area (Å²) < 4.78 is 5.05. The second-order valence-corrected chi connectivity index (χ2v) is 6.52. The molecule has 0 radical (unpaired) electrons. The summed E-state index contributed by atoms with van der Waals surface area (Å²) in [6.45, 7) is 4.18. The summed E-state index contributed by atoms with van der Waals surface area (Å²) in [5.74, 6) is -0.0919. The number of hydrogen-bond acceptors (Lipinski definition) is 4. The number of nitrogens with zero attached hydrogens (tertiary/aromatic N) is 1. The molecule has 0 heterocycles. The van der Waals surface area contributed by atoms with Gasteiger partial charge in [0.15, 0.2) is 0 Å². The van der Waals surface area contributed by atoms with Gasteiger partial charge in [0, 0.05) is 18.1 Å². The Morgan fingerprint density at radius 2 is 2.00 bits per heavy atom. The van der Waals surface area contributed by atoms with Crippen LogP contribution < -0.4 is 5.32 Å². The van der Waals surface area contributed by atoms with E-state index >= 15 is 0 Å². The van der Waals surface area contributed by atoms with Crippen LogP contribution >= 0.6 is 0 Å². The van der Waals surface area contributed by atoms with E-state index in [2.05, 4.69) is 31.1 Å². The van der Waals surface area contributed by atoms with E-state index in [0.717, 1.165) is 25.3 Å². The van der Waals surface area contributed by atoms with Crippen LogP contribution in [0.1, 0.15) is 52.4 Å². The first-order chi connectivity index (χ1) is 8.98. The minimum atomic E-state index is -0.467. The van der Waals surface area contributed by atoms with E-state index in [1.165, 1.54) is 26.4 Å². The van der Waals surface area contributed by atoms with E-state index in [4.69, 9.17) is 4.74 Å². The van der Waals surface area contributed by atoms with E-state index in [-0.39, 0.29) is 5.97 Å². The molecule has 4 heteroatoms. The standard InChI is InChI=1S/C15H28N2O2/c1-11(2)16-15(14(18)19-4)9-8-13(10-15)17(3)12-6-5-7-12/h11-13,16H,5-10H2,1-4H3. The molecule has 2 unspecified atom stereocenters. The number of ether oxygens (including phenoxy) is 1. The Balaban J connectivity index is 2.03. The molecule has 1 N–H and O–H groups in total. The third kappa shape index (κ3) is 2.95. The summed E-state index contributed by atoms with van der Waals surface area (Å²) in [7, 11) is 3.71. The van der Waals surface area contributed by atoms with Crippen LogP contribution in [-0.4, -0.2) is 48.7 Å². The van der Waals surface area contributed by atoms with Crippen LogP contribution in [0.4, 0.5) is 0 Å². The van der Waals surface area contributed by atoms with Crippen molar-refractivity contribution in [2.75, 3.05) is 14.2 Å². The Kier molecular flexibility index (Phi) is 4.51. The van der Waals surface area contributed by atoms with Crippen molar-refractivity contribution in [3.63, 3.8) is 0 Å². The smallest absolute Gasteiger partial charge is 0.326 e. The Labute approximate surface area is 116 Å². The zero-order valence-corrected chi connectivity index (χ0v) is 12.7. The molecule has 0 aliphatic heterocycles. The molecule has 2 rings (SSSR count). The van der Waals surface area contributed by atoms with Gasteiger partial charge in [-0.05, 0) is 53.0 Å².